The summed E-state index contributed by atoms with van der Waals surface area (Å²) in [6, 6.07) is 0. The van der Waals surface area contributed by atoms with Crippen LogP contribution in [0.5, 0.6) is 0 Å². The summed E-state index contributed by atoms with van der Waals surface area (Å²) in [5.41, 5.74) is 0. The van der Waals surface area contributed by atoms with Crippen molar-refractivity contribution < 1.29 is 17.6 Å². The van der Waals surface area contributed by atoms with Crippen LogP contribution in [-0.2, 0) is 0 Å². The van der Waals surface area contributed by atoms with Crippen LogP contribution in [0.4, 0.5) is 17.6 Å². The summed E-state index contributed by atoms with van der Waals surface area (Å²) in [4.78, 5) is 0.989. The van der Waals surface area contributed by atoms with E-state index in [1.54, 1.807) is 0 Å². The van der Waals surface area contributed by atoms with Crippen LogP contribution in [0.15, 0.2) is 12.0 Å². The smallest absolute Gasteiger partial charge is 0.381 e. The largest absolute Gasteiger partial charge is 0.444 e. The van der Waals surface area contributed by atoms with Crippen LogP contribution in [0.2, 0.25) is 0 Å². The van der Waals surface area contributed by atoms with E-state index in [1.807, 2.05) is 0 Å². The maximum Gasteiger partial charge on any atom is 0.444 e. The van der Waals surface area contributed by atoms with Gasteiger partial charge in [-0.15, -0.1) is 0 Å². The Bertz CT molecular complexity index is 135. The number of alkyl halides is 3. The van der Waals surface area contributed by atoms with Gasteiger partial charge in [0, 0.05) is 20.3 Å². The molecular formula is C5H7F4N. The molecule has 5 heteroatoms. The molecule has 60 valence electrons. The predicted octanol–water partition coefficient (Wildman–Crippen LogP) is 1.92. The van der Waals surface area contributed by atoms with Crippen molar-refractivity contribution in [1.82, 2.24) is 4.90 Å². The van der Waals surface area contributed by atoms with Gasteiger partial charge in [-0.05, 0) is 0 Å². The quantitative estimate of drug-likeness (QED) is 0.525. The Kier molecular flexibility index (Phi) is 2.68. The van der Waals surface area contributed by atoms with E-state index >= 15 is 0 Å². The summed E-state index contributed by atoms with van der Waals surface area (Å²) in [7, 11) is 2.62. The molecule has 0 spiro atoms. The van der Waals surface area contributed by atoms with E-state index in [4.69, 9.17) is 0 Å². The molecule has 10 heavy (non-hydrogen) atoms. The lowest BCUT2D eigenvalue weighted by Crippen LogP contribution is -2.12. The van der Waals surface area contributed by atoms with Crippen molar-refractivity contribution in [2.24, 2.45) is 0 Å². The molecule has 0 saturated heterocycles. The van der Waals surface area contributed by atoms with Gasteiger partial charge in [-0.1, -0.05) is 0 Å². The van der Waals surface area contributed by atoms with E-state index in [1.165, 1.54) is 14.1 Å². The second-order valence-electron chi connectivity index (χ2n) is 1.94. The lowest BCUT2D eigenvalue weighted by Gasteiger charge is -2.07. The number of hydrogen-bond donors (Lipinski definition) is 0. The number of allylic oxidation sites excluding steroid dienone is 1. The molecule has 0 amide bonds. The predicted molar refractivity (Wildman–Crippen MR) is 28.9 cm³/mol. The summed E-state index contributed by atoms with van der Waals surface area (Å²) in [6.45, 7) is 0. The SMILES string of the molecule is CN(C)/C=C(\F)C(F)(F)F. The van der Waals surface area contributed by atoms with Gasteiger partial charge in [0.05, 0.1) is 0 Å². The molecule has 0 aliphatic rings. The zero-order chi connectivity index (χ0) is 8.36. The third kappa shape index (κ3) is 3.32. The second kappa shape index (κ2) is 2.90. The lowest BCUT2D eigenvalue weighted by atomic mass is 10.5. The Balaban J connectivity index is 4.20. The molecule has 0 aromatic carbocycles. The highest BCUT2D eigenvalue weighted by Gasteiger charge is 2.34. The Morgan fingerprint density at radius 3 is 1.80 bits per heavy atom. The van der Waals surface area contributed by atoms with Crippen LogP contribution in [0.3, 0.4) is 0 Å². The molecule has 0 aromatic rings. The molecule has 0 aliphatic heterocycles. The Morgan fingerprint density at radius 1 is 1.30 bits per heavy atom. The fraction of sp³-hybridized carbons (Fsp3) is 0.600. The van der Waals surface area contributed by atoms with Gasteiger partial charge in [0.15, 0.2) is 0 Å². The van der Waals surface area contributed by atoms with Gasteiger partial charge in [0.1, 0.15) is 0 Å². The maximum absolute atomic E-state index is 11.9. The van der Waals surface area contributed by atoms with Gasteiger partial charge in [-0.3, -0.25) is 0 Å². The van der Waals surface area contributed by atoms with E-state index < -0.39 is 12.0 Å². The Labute approximate surface area is 55.9 Å². The summed E-state index contributed by atoms with van der Waals surface area (Å²) >= 11 is 0. The summed E-state index contributed by atoms with van der Waals surface area (Å²) in [5.74, 6) is -2.09. The molecule has 0 N–H and O–H groups in total. The first-order chi connectivity index (χ1) is 4.34. The van der Waals surface area contributed by atoms with E-state index in [9.17, 15) is 17.6 Å². The summed E-state index contributed by atoms with van der Waals surface area (Å²) < 4.78 is 45.9. The average molecular weight is 157 g/mol. The number of nitrogens with zero attached hydrogens (tertiary/aromatic N) is 1. The zero-order valence-corrected chi connectivity index (χ0v) is 5.54. The molecule has 0 saturated carbocycles. The highest BCUT2D eigenvalue weighted by atomic mass is 19.4. The minimum Gasteiger partial charge on any atom is -0.381 e. The molecule has 0 unspecified atom stereocenters. The van der Waals surface area contributed by atoms with Crippen molar-refractivity contribution in [2.75, 3.05) is 14.1 Å². The standard InChI is InChI=1S/C5H7F4N/c1-10(2)3-4(6)5(7,8)9/h3H,1-2H3/b4-3-. The van der Waals surface area contributed by atoms with Crippen LogP contribution in [-0.4, -0.2) is 25.2 Å². The highest BCUT2D eigenvalue weighted by Crippen LogP contribution is 2.26. The molecule has 0 heterocycles. The van der Waals surface area contributed by atoms with Crippen LogP contribution in [0, 0.1) is 0 Å². The molecule has 0 fully saturated rings. The van der Waals surface area contributed by atoms with Crippen molar-refractivity contribution in [2.45, 2.75) is 6.18 Å². The maximum atomic E-state index is 11.9. The molecule has 0 aromatic heterocycles. The Hall–Kier alpha value is -0.740. The molecule has 0 aliphatic carbocycles. The number of halogens is 4. The van der Waals surface area contributed by atoms with Crippen LogP contribution in [0.1, 0.15) is 0 Å². The topological polar surface area (TPSA) is 3.24 Å². The van der Waals surface area contributed by atoms with Crippen molar-refractivity contribution >= 4 is 0 Å². The first-order valence-electron chi connectivity index (χ1n) is 2.45. The van der Waals surface area contributed by atoms with Gasteiger partial charge in [-0.2, -0.15) is 13.2 Å². The normalized spacial score (nSPS) is 13.6. The van der Waals surface area contributed by atoms with Crippen LogP contribution >= 0.6 is 0 Å². The van der Waals surface area contributed by atoms with Gasteiger partial charge < -0.3 is 4.90 Å². The zero-order valence-electron chi connectivity index (χ0n) is 5.54. The van der Waals surface area contributed by atoms with E-state index in [0.717, 1.165) is 4.90 Å². The Morgan fingerprint density at radius 2 is 1.70 bits per heavy atom. The van der Waals surface area contributed by atoms with E-state index in [0.29, 0.717) is 6.20 Å². The van der Waals surface area contributed by atoms with Crippen LogP contribution < -0.4 is 0 Å². The molecule has 0 radical (unpaired) electrons. The fourth-order valence-electron chi connectivity index (χ4n) is 0.300. The monoisotopic (exact) mass is 157 g/mol. The van der Waals surface area contributed by atoms with Crippen molar-refractivity contribution in [3.63, 3.8) is 0 Å². The fourth-order valence-corrected chi connectivity index (χ4v) is 0.300. The van der Waals surface area contributed by atoms with Gasteiger partial charge >= 0.3 is 6.18 Å². The van der Waals surface area contributed by atoms with Crippen LogP contribution in [0.25, 0.3) is 0 Å². The molecule has 0 bridgehead atoms. The van der Waals surface area contributed by atoms with E-state index in [2.05, 4.69) is 0 Å². The molecule has 1 nitrogen and oxygen atoms in total. The van der Waals surface area contributed by atoms with Crippen molar-refractivity contribution in [1.29, 1.82) is 0 Å². The van der Waals surface area contributed by atoms with Gasteiger partial charge in [0.2, 0.25) is 5.83 Å². The van der Waals surface area contributed by atoms with Crippen molar-refractivity contribution in [3.05, 3.63) is 12.0 Å². The minimum atomic E-state index is -4.86. The second-order valence-corrected chi connectivity index (χ2v) is 1.94. The minimum absolute atomic E-state index is 0.375. The molecular weight excluding hydrogens is 150 g/mol. The summed E-state index contributed by atoms with van der Waals surface area (Å²) in [5, 5.41) is 0. The van der Waals surface area contributed by atoms with E-state index in [-0.39, 0.29) is 0 Å². The first kappa shape index (κ1) is 9.26. The van der Waals surface area contributed by atoms with Crippen molar-refractivity contribution in [3.8, 4) is 0 Å². The number of hydrogen-bond acceptors (Lipinski definition) is 1. The highest BCUT2D eigenvalue weighted by molar-refractivity contribution is 4.97. The van der Waals surface area contributed by atoms with Gasteiger partial charge in [0.25, 0.3) is 0 Å². The molecule has 0 rings (SSSR count). The number of rotatable bonds is 1. The third-order valence-corrected chi connectivity index (χ3v) is 0.642. The average Bonchev–Trinajstić information content (AvgIpc) is 1.60. The summed E-state index contributed by atoms with van der Waals surface area (Å²) in [6.07, 6.45) is -4.48. The first-order valence-corrected chi connectivity index (χ1v) is 2.45. The lowest BCUT2D eigenvalue weighted by molar-refractivity contribution is -0.109. The van der Waals surface area contributed by atoms with Gasteiger partial charge in [-0.25, -0.2) is 4.39 Å². The third-order valence-electron chi connectivity index (χ3n) is 0.642. The molecule has 0 atom stereocenters.